The van der Waals surface area contributed by atoms with E-state index in [9.17, 15) is 0 Å². The lowest BCUT2D eigenvalue weighted by Crippen LogP contribution is -2.04. The van der Waals surface area contributed by atoms with E-state index in [0.29, 0.717) is 11.3 Å². The van der Waals surface area contributed by atoms with E-state index in [4.69, 9.17) is 0 Å². The maximum Gasteiger partial charge on any atom is 0.123 e. The van der Waals surface area contributed by atoms with E-state index in [1.807, 2.05) is 6.07 Å². The maximum absolute atomic E-state index is 4.30. The monoisotopic (exact) mass is 176 g/mol. The first-order valence-corrected chi connectivity index (χ1v) is 4.91. The first-order valence-electron chi connectivity index (χ1n) is 4.03. The second-order valence-electron chi connectivity index (χ2n) is 2.90. The van der Waals surface area contributed by atoms with Gasteiger partial charge in [-0.1, -0.05) is 49.0 Å². The SMILES string of the molecule is CC1S[C]=NC1c1ccccc1. The molecule has 1 aromatic rings. The van der Waals surface area contributed by atoms with Crippen molar-refractivity contribution in [3.63, 3.8) is 0 Å². The minimum Gasteiger partial charge on any atom is -0.266 e. The molecule has 0 fully saturated rings. The fourth-order valence-electron chi connectivity index (χ4n) is 1.34. The Bertz CT molecular complexity index is 281. The Balaban J connectivity index is 2.25. The predicted octanol–water partition coefficient (Wildman–Crippen LogP) is 2.77. The Hall–Kier alpha value is -0.760. The fraction of sp³-hybridized carbons (Fsp3) is 0.300. The van der Waals surface area contributed by atoms with Crippen molar-refractivity contribution < 1.29 is 0 Å². The van der Waals surface area contributed by atoms with E-state index in [1.54, 1.807) is 11.8 Å². The van der Waals surface area contributed by atoms with Gasteiger partial charge in [-0.15, -0.1) is 0 Å². The average molecular weight is 176 g/mol. The Morgan fingerprint density at radius 1 is 1.33 bits per heavy atom. The summed E-state index contributed by atoms with van der Waals surface area (Å²) in [4.78, 5) is 4.30. The van der Waals surface area contributed by atoms with Crippen LogP contribution in [0.3, 0.4) is 0 Å². The summed E-state index contributed by atoms with van der Waals surface area (Å²) in [6, 6.07) is 10.7. The number of thioether (sulfide) groups is 1. The van der Waals surface area contributed by atoms with Gasteiger partial charge in [-0.25, -0.2) is 0 Å². The van der Waals surface area contributed by atoms with Crippen molar-refractivity contribution >= 4 is 17.3 Å². The molecule has 1 aromatic carbocycles. The number of hydrogen-bond donors (Lipinski definition) is 0. The van der Waals surface area contributed by atoms with Crippen molar-refractivity contribution in [3.05, 3.63) is 35.9 Å². The Kier molecular flexibility index (Phi) is 2.17. The maximum atomic E-state index is 4.30. The number of benzene rings is 1. The lowest BCUT2D eigenvalue weighted by molar-refractivity contribution is 0.735. The lowest BCUT2D eigenvalue weighted by atomic mass is 10.1. The summed E-state index contributed by atoms with van der Waals surface area (Å²) in [6.45, 7) is 2.19. The standard InChI is InChI=1S/C10H10NS/c1-8-10(11-7-12-8)9-5-3-2-4-6-9/h2-6,8,10H,1H3. The molecular formula is C10H10NS. The first kappa shape index (κ1) is 7.87. The molecule has 1 aliphatic rings. The van der Waals surface area contributed by atoms with Gasteiger partial charge in [0.05, 0.1) is 6.04 Å². The van der Waals surface area contributed by atoms with Crippen LogP contribution in [0, 0.1) is 0 Å². The zero-order chi connectivity index (χ0) is 8.39. The van der Waals surface area contributed by atoms with Gasteiger partial charge in [0, 0.05) is 5.25 Å². The molecule has 61 valence electrons. The molecule has 2 atom stereocenters. The summed E-state index contributed by atoms with van der Waals surface area (Å²) < 4.78 is 0. The molecule has 0 bridgehead atoms. The van der Waals surface area contributed by atoms with Crippen molar-refractivity contribution in [3.8, 4) is 0 Å². The molecule has 2 rings (SSSR count). The van der Waals surface area contributed by atoms with Crippen LogP contribution >= 0.6 is 11.8 Å². The molecule has 0 spiro atoms. The highest BCUT2D eigenvalue weighted by atomic mass is 32.2. The van der Waals surface area contributed by atoms with E-state index >= 15 is 0 Å². The quantitative estimate of drug-likeness (QED) is 0.641. The van der Waals surface area contributed by atoms with E-state index < -0.39 is 0 Å². The molecule has 2 unspecified atom stereocenters. The number of rotatable bonds is 1. The third-order valence-electron chi connectivity index (χ3n) is 2.02. The van der Waals surface area contributed by atoms with Crippen molar-refractivity contribution in [2.45, 2.75) is 18.2 Å². The molecule has 0 saturated carbocycles. The number of hydrogen-bond acceptors (Lipinski definition) is 2. The summed E-state index contributed by atoms with van der Waals surface area (Å²) in [6.07, 6.45) is 0. The molecular weight excluding hydrogens is 166 g/mol. The molecule has 0 N–H and O–H groups in total. The average Bonchev–Trinajstić information content (AvgIpc) is 2.53. The third kappa shape index (κ3) is 1.39. The van der Waals surface area contributed by atoms with Crippen LogP contribution in [0.1, 0.15) is 18.5 Å². The minimum atomic E-state index is 0.316. The molecule has 12 heavy (non-hydrogen) atoms. The largest absolute Gasteiger partial charge is 0.266 e. The second kappa shape index (κ2) is 3.31. The molecule has 0 amide bonds. The van der Waals surface area contributed by atoms with Gasteiger partial charge in [-0.2, -0.15) is 0 Å². The second-order valence-corrected chi connectivity index (χ2v) is 4.06. The molecule has 1 heterocycles. The molecule has 0 aliphatic carbocycles. The van der Waals surface area contributed by atoms with Gasteiger partial charge in [-0.05, 0) is 5.56 Å². The van der Waals surface area contributed by atoms with Crippen LogP contribution in [0.15, 0.2) is 35.3 Å². The van der Waals surface area contributed by atoms with Gasteiger partial charge < -0.3 is 0 Å². The van der Waals surface area contributed by atoms with Crippen molar-refractivity contribution in [2.75, 3.05) is 0 Å². The van der Waals surface area contributed by atoms with Crippen LogP contribution in [0.5, 0.6) is 0 Å². The van der Waals surface area contributed by atoms with E-state index in [0.717, 1.165) is 0 Å². The van der Waals surface area contributed by atoms with Crippen LogP contribution in [0.25, 0.3) is 0 Å². The van der Waals surface area contributed by atoms with Gasteiger partial charge in [-0.3, -0.25) is 4.99 Å². The van der Waals surface area contributed by atoms with Crippen molar-refractivity contribution in [1.29, 1.82) is 0 Å². The van der Waals surface area contributed by atoms with Gasteiger partial charge in [0.1, 0.15) is 5.55 Å². The van der Waals surface area contributed by atoms with E-state index in [1.165, 1.54) is 5.56 Å². The highest BCUT2D eigenvalue weighted by Gasteiger charge is 2.22. The minimum absolute atomic E-state index is 0.316. The highest BCUT2D eigenvalue weighted by Crippen LogP contribution is 2.33. The Morgan fingerprint density at radius 2 is 2.08 bits per heavy atom. The Morgan fingerprint density at radius 3 is 2.67 bits per heavy atom. The topological polar surface area (TPSA) is 12.4 Å². The van der Waals surface area contributed by atoms with Crippen LogP contribution in [-0.4, -0.2) is 10.8 Å². The summed E-state index contributed by atoms with van der Waals surface area (Å²) in [5.41, 5.74) is 4.26. The van der Waals surface area contributed by atoms with Crippen LogP contribution in [0.4, 0.5) is 0 Å². The summed E-state index contributed by atoms with van der Waals surface area (Å²) in [5.74, 6) is 0. The zero-order valence-corrected chi connectivity index (χ0v) is 7.71. The Labute approximate surface area is 76.9 Å². The summed E-state index contributed by atoms with van der Waals surface area (Å²) in [5, 5.41) is 0.535. The lowest BCUT2D eigenvalue weighted by Gasteiger charge is -2.11. The molecule has 0 saturated heterocycles. The molecule has 0 aromatic heterocycles. The van der Waals surface area contributed by atoms with Crippen molar-refractivity contribution in [1.82, 2.24) is 0 Å². The van der Waals surface area contributed by atoms with Crippen LogP contribution in [0.2, 0.25) is 0 Å². The highest BCUT2D eigenvalue weighted by molar-refractivity contribution is 8.12. The molecule has 1 aliphatic heterocycles. The number of aliphatic imine (C=N–C) groups is 1. The van der Waals surface area contributed by atoms with Crippen molar-refractivity contribution in [2.24, 2.45) is 4.99 Å². The van der Waals surface area contributed by atoms with Crippen LogP contribution < -0.4 is 0 Å². The van der Waals surface area contributed by atoms with Crippen LogP contribution in [-0.2, 0) is 0 Å². The van der Waals surface area contributed by atoms with E-state index in [2.05, 4.69) is 41.7 Å². The van der Waals surface area contributed by atoms with Gasteiger partial charge >= 0.3 is 0 Å². The molecule has 1 radical (unpaired) electrons. The number of nitrogens with zero attached hydrogens (tertiary/aromatic N) is 1. The van der Waals surface area contributed by atoms with Gasteiger partial charge in [0.2, 0.25) is 0 Å². The third-order valence-corrected chi connectivity index (χ3v) is 2.86. The first-order chi connectivity index (χ1) is 5.88. The molecule has 2 heteroatoms. The summed E-state index contributed by atoms with van der Waals surface area (Å²) in [7, 11) is 0. The normalized spacial score (nSPS) is 27.8. The van der Waals surface area contributed by atoms with E-state index in [-0.39, 0.29) is 0 Å². The predicted molar refractivity (Wildman–Crippen MR) is 53.7 cm³/mol. The smallest absolute Gasteiger partial charge is 0.123 e. The zero-order valence-electron chi connectivity index (χ0n) is 6.90. The summed E-state index contributed by atoms with van der Waals surface area (Å²) >= 11 is 1.68. The molecule has 1 nitrogen and oxygen atoms in total. The van der Waals surface area contributed by atoms with Gasteiger partial charge in [0.15, 0.2) is 0 Å². The van der Waals surface area contributed by atoms with Gasteiger partial charge in [0.25, 0.3) is 0 Å². The fourth-order valence-corrected chi connectivity index (χ4v) is 2.02.